The Morgan fingerprint density at radius 3 is 2.71 bits per heavy atom. The molecule has 1 aliphatic carbocycles. The molecule has 17 heavy (non-hydrogen) atoms. The fourth-order valence-corrected chi connectivity index (χ4v) is 2.67. The number of carbonyl (C=O) groups excluding carboxylic acids is 1. The minimum atomic E-state index is 0.0514. The van der Waals surface area contributed by atoms with Crippen molar-refractivity contribution in [1.29, 1.82) is 0 Å². The topological polar surface area (TPSA) is 29.1 Å². The van der Waals surface area contributed by atoms with Crippen LogP contribution in [0.5, 0.6) is 0 Å². The highest BCUT2D eigenvalue weighted by Crippen LogP contribution is 2.22. The van der Waals surface area contributed by atoms with Gasteiger partial charge < -0.3 is 5.32 Å². The van der Waals surface area contributed by atoms with E-state index in [0.717, 1.165) is 6.42 Å². The molecule has 1 aromatic rings. The van der Waals surface area contributed by atoms with Gasteiger partial charge in [-0.2, -0.15) is 0 Å². The summed E-state index contributed by atoms with van der Waals surface area (Å²) in [6.45, 7) is 3.63. The molecule has 2 heteroatoms. The Kier molecular flexibility index (Phi) is 3.82. The van der Waals surface area contributed by atoms with Crippen molar-refractivity contribution < 1.29 is 4.79 Å². The van der Waals surface area contributed by atoms with Crippen LogP contribution in [0.4, 0.5) is 0 Å². The Hall–Kier alpha value is -1.31. The lowest BCUT2D eigenvalue weighted by atomic mass is 9.89. The molecule has 1 aromatic carbocycles. The van der Waals surface area contributed by atoms with Gasteiger partial charge in [0.1, 0.15) is 0 Å². The minimum Gasteiger partial charge on any atom is -0.354 e. The predicted molar refractivity (Wildman–Crippen MR) is 70.1 cm³/mol. The van der Waals surface area contributed by atoms with Crippen LogP contribution in [-0.2, 0) is 24.1 Å². The summed E-state index contributed by atoms with van der Waals surface area (Å²) in [6.07, 6.45) is 6.02. The number of aryl methyl sites for hydroxylation is 2. The summed E-state index contributed by atoms with van der Waals surface area (Å²) in [5.41, 5.74) is 4.38. The highest BCUT2D eigenvalue weighted by atomic mass is 16.1. The Morgan fingerprint density at radius 1 is 1.29 bits per heavy atom. The standard InChI is InChI=1S/C15H21NO/c1-11(16-12(2)17)9-13-7-8-14-5-3-4-6-15(14)10-13/h7-8,10-11H,3-6,9H2,1-2H3,(H,16,17). The molecule has 92 valence electrons. The number of nitrogens with one attached hydrogen (secondary N) is 1. The van der Waals surface area contributed by atoms with Gasteiger partial charge in [0.15, 0.2) is 0 Å². The molecule has 0 spiro atoms. The van der Waals surface area contributed by atoms with Gasteiger partial charge in [0.05, 0.1) is 0 Å². The normalized spacial score (nSPS) is 16.1. The average Bonchev–Trinajstić information content (AvgIpc) is 2.27. The van der Waals surface area contributed by atoms with Crippen LogP contribution in [0.25, 0.3) is 0 Å². The monoisotopic (exact) mass is 231 g/mol. The lowest BCUT2D eigenvalue weighted by molar-refractivity contribution is -0.119. The first kappa shape index (κ1) is 12.2. The SMILES string of the molecule is CC(=O)NC(C)Cc1ccc2c(c1)CCCC2. The maximum atomic E-state index is 11.0. The molecule has 0 saturated heterocycles. The van der Waals surface area contributed by atoms with Crippen LogP contribution >= 0.6 is 0 Å². The average molecular weight is 231 g/mol. The molecule has 1 aliphatic rings. The van der Waals surface area contributed by atoms with Gasteiger partial charge in [0.2, 0.25) is 5.91 Å². The van der Waals surface area contributed by atoms with Gasteiger partial charge in [0.25, 0.3) is 0 Å². The molecule has 2 nitrogen and oxygen atoms in total. The van der Waals surface area contributed by atoms with Crippen molar-refractivity contribution in [3.05, 3.63) is 34.9 Å². The van der Waals surface area contributed by atoms with E-state index in [1.165, 1.54) is 42.4 Å². The highest BCUT2D eigenvalue weighted by Gasteiger charge is 2.11. The summed E-state index contributed by atoms with van der Waals surface area (Å²) in [4.78, 5) is 11.0. The third-order valence-electron chi connectivity index (χ3n) is 3.40. The lowest BCUT2D eigenvalue weighted by Crippen LogP contribution is -2.32. The van der Waals surface area contributed by atoms with Crippen molar-refractivity contribution >= 4 is 5.91 Å². The van der Waals surface area contributed by atoms with E-state index in [2.05, 4.69) is 30.4 Å². The molecule has 1 N–H and O–H groups in total. The minimum absolute atomic E-state index is 0.0514. The summed E-state index contributed by atoms with van der Waals surface area (Å²) in [5.74, 6) is 0.0514. The first-order valence-corrected chi connectivity index (χ1v) is 6.53. The predicted octanol–water partition coefficient (Wildman–Crippen LogP) is 2.63. The van der Waals surface area contributed by atoms with E-state index in [0.29, 0.717) is 0 Å². The molecule has 1 unspecified atom stereocenters. The van der Waals surface area contributed by atoms with E-state index < -0.39 is 0 Å². The smallest absolute Gasteiger partial charge is 0.217 e. The molecule has 1 amide bonds. The Labute approximate surface area is 103 Å². The van der Waals surface area contributed by atoms with Crippen molar-refractivity contribution in [2.24, 2.45) is 0 Å². The number of rotatable bonds is 3. The maximum absolute atomic E-state index is 11.0. The summed E-state index contributed by atoms with van der Waals surface area (Å²) in [6, 6.07) is 7.02. The van der Waals surface area contributed by atoms with Gasteiger partial charge in [-0.15, -0.1) is 0 Å². The molecule has 0 fully saturated rings. The van der Waals surface area contributed by atoms with Crippen molar-refractivity contribution in [1.82, 2.24) is 5.32 Å². The van der Waals surface area contributed by atoms with E-state index >= 15 is 0 Å². The number of hydrogen-bond donors (Lipinski definition) is 1. The number of carbonyl (C=O) groups is 1. The summed E-state index contributed by atoms with van der Waals surface area (Å²) < 4.78 is 0. The van der Waals surface area contributed by atoms with Crippen molar-refractivity contribution in [2.75, 3.05) is 0 Å². The van der Waals surface area contributed by atoms with Gasteiger partial charge in [-0.1, -0.05) is 18.2 Å². The molecule has 0 aromatic heterocycles. The summed E-state index contributed by atoms with van der Waals surface area (Å²) >= 11 is 0. The number of hydrogen-bond acceptors (Lipinski definition) is 1. The third-order valence-corrected chi connectivity index (χ3v) is 3.40. The fourth-order valence-electron chi connectivity index (χ4n) is 2.67. The Bertz CT molecular complexity index is 411. The molecule has 0 aliphatic heterocycles. The lowest BCUT2D eigenvalue weighted by Gasteiger charge is -2.18. The van der Waals surface area contributed by atoms with E-state index in [-0.39, 0.29) is 11.9 Å². The van der Waals surface area contributed by atoms with Crippen LogP contribution in [0.3, 0.4) is 0 Å². The zero-order chi connectivity index (χ0) is 12.3. The van der Waals surface area contributed by atoms with Gasteiger partial charge in [-0.3, -0.25) is 4.79 Å². The van der Waals surface area contributed by atoms with Crippen LogP contribution in [0.1, 0.15) is 43.4 Å². The summed E-state index contributed by atoms with van der Waals surface area (Å²) in [5, 5.41) is 2.93. The van der Waals surface area contributed by atoms with E-state index in [4.69, 9.17) is 0 Å². The third kappa shape index (κ3) is 3.32. The Balaban J connectivity index is 2.04. The maximum Gasteiger partial charge on any atom is 0.217 e. The molecule has 0 saturated carbocycles. The van der Waals surface area contributed by atoms with E-state index in [1.807, 2.05) is 0 Å². The first-order chi connectivity index (χ1) is 8.15. The van der Waals surface area contributed by atoms with Crippen LogP contribution in [0.15, 0.2) is 18.2 Å². The quantitative estimate of drug-likeness (QED) is 0.851. The molecule has 1 atom stereocenters. The molecule has 0 heterocycles. The first-order valence-electron chi connectivity index (χ1n) is 6.53. The molecular formula is C15H21NO. The molecule has 0 radical (unpaired) electrons. The molecule has 2 rings (SSSR count). The van der Waals surface area contributed by atoms with Gasteiger partial charge in [0, 0.05) is 13.0 Å². The van der Waals surface area contributed by atoms with Crippen molar-refractivity contribution in [2.45, 2.75) is 52.0 Å². The molecule has 0 bridgehead atoms. The van der Waals surface area contributed by atoms with Crippen molar-refractivity contribution in [3.63, 3.8) is 0 Å². The van der Waals surface area contributed by atoms with Gasteiger partial charge in [-0.25, -0.2) is 0 Å². The van der Waals surface area contributed by atoms with Gasteiger partial charge in [-0.05, 0) is 55.7 Å². The van der Waals surface area contributed by atoms with Crippen molar-refractivity contribution in [3.8, 4) is 0 Å². The second kappa shape index (κ2) is 5.35. The number of fused-ring (bicyclic) bond motifs is 1. The number of benzene rings is 1. The van der Waals surface area contributed by atoms with Gasteiger partial charge >= 0.3 is 0 Å². The number of amides is 1. The van der Waals surface area contributed by atoms with E-state index in [9.17, 15) is 4.79 Å². The van der Waals surface area contributed by atoms with Crippen LogP contribution in [0.2, 0.25) is 0 Å². The fraction of sp³-hybridized carbons (Fsp3) is 0.533. The second-order valence-electron chi connectivity index (χ2n) is 5.12. The zero-order valence-corrected chi connectivity index (χ0v) is 10.8. The Morgan fingerprint density at radius 2 is 2.00 bits per heavy atom. The summed E-state index contributed by atoms with van der Waals surface area (Å²) in [7, 11) is 0. The van der Waals surface area contributed by atoms with Crippen LogP contribution in [-0.4, -0.2) is 11.9 Å². The molecular weight excluding hydrogens is 210 g/mol. The zero-order valence-electron chi connectivity index (χ0n) is 10.8. The second-order valence-corrected chi connectivity index (χ2v) is 5.12. The largest absolute Gasteiger partial charge is 0.354 e. The highest BCUT2D eigenvalue weighted by molar-refractivity contribution is 5.73. The van der Waals surface area contributed by atoms with E-state index in [1.54, 1.807) is 6.92 Å². The van der Waals surface area contributed by atoms with Crippen LogP contribution in [0, 0.1) is 0 Å². The van der Waals surface area contributed by atoms with Crippen LogP contribution < -0.4 is 5.32 Å².